The number of aromatic nitrogens is 1. The molecule has 0 saturated carbocycles. The Kier molecular flexibility index (Phi) is 4.75. The van der Waals surface area contributed by atoms with Gasteiger partial charge in [0.1, 0.15) is 5.52 Å². The number of oxazole rings is 1. The number of benzene rings is 2. The Morgan fingerprint density at radius 1 is 1.04 bits per heavy atom. The van der Waals surface area contributed by atoms with Crippen molar-refractivity contribution >= 4 is 21.1 Å². The number of sulfonamides is 1. The van der Waals surface area contributed by atoms with E-state index in [0.29, 0.717) is 43.5 Å². The Hall–Kier alpha value is -2.22. The third-order valence-electron chi connectivity index (χ3n) is 4.98. The maximum absolute atomic E-state index is 13.0. The Bertz CT molecular complexity index is 1030. The van der Waals surface area contributed by atoms with Crippen LogP contribution in [-0.2, 0) is 16.6 Å². The van der Waals surface area contributed by atoms with Crippen molar-refractivity contribution in [2.75, 3.05) is 26.2 Å². The number of aryl methyl sites for hydroxylation is 2. The molecule has 0 aliphatic carbocycles. The SMILES string of the molecule is Cc1ccc(S(=O)(=O)N2CCN(Cc3nc4ccccc4o3)CC2)c(C)c1. The number of fused-ring (bicyclic) bond motifs is 1. The van der Waals surface area contributed by atoms with Crippen molar-refractivity contribution in [2.24, 2.45) is 0 Å². The van der Waals surface area contributed by atoms with E-state index in [1.54, 1.807) is 10.4 Å². The van der Waals surface area contributed by atoms with Crippen LogP contribution in [-0.4, -0.2) is 48.8 Å². The monoisotopic (exact) mass is 385 g/mol. The van der Waals surface area contributed by atoms with Crippen LogP contribution in [0.25, 0.3) is 11.1 Å². The number of hydrogen-bond acceptors (Lipinski definition) is 5. The van der Waals surface area contributed by atoms with Gasteiger partial charge in [0.05, 0.1) is 11.4 Å². The third kappa shape index (κ3) is 3.63. The lowest BCUT2D eigenvalue weighted by Gasteiger charge is -2.33. The molecule has 27 heavy (non-hydrogen) atoms. The lowest BCUT2D eigenvalue weighted by atomic mass is 10.2. The minimum atomic E-state index is -3.46. The van der Waals surface area contributed by atoms with Crippen LogP contribution in [0.5, 0.6) is 0 Å². The first kappa shape index (κ1) is 18.2. The van der Waals surface area contributed by atoms with Crippen LogP contribution in [0.3, 0.4) is 0 Å². The summed E-state index contributed by atoms with van der Waals surface area (Å²) in [5.41, 5.74) is 3.49. The second-order valence-corrected chi connectivity index (χ2v) is 8.93. The molecule has 142 valence electrons. The molecule has 1 saturated heterocycles. The standard InChI is InChI=1S/C20H23N3O3S/c1-15-7-8-19(16(2)13-15)27(24,25)23-11-9-22(10-12-23)14-20-21-17-5-3-4-6-18(17)26-20/h3-8,13H,9-12,14H2,1-2H3. The van der Waals surface area contributed by atoms with Gasteiger partial charge in [0.2, 0.25) is 15.9 Å². The molecule has 1 fully saturated rings. The number of hydrogen-bond donors (Lipinski definition) is 0. The fourth-order valence-electron chi connectivity index (χ4n) is 3.53. The molecule has 3 aromatic rings. The minimum Gasteiger partial charge on any atom is -0.439 e. The largest absolute Gasteiger partial charge is 0.439 e. The Labute approximate surface area is 159 Å². The third-order valence-corrected chi connectivity index (χ3v) is 7.04. The highest BCUT2D eigenvalue weighted by atomic mass is 32.2. The maximum Gasteiger partial charge on any atom is 0.243 e. The van der Waals surface area contributed by atoms with E-state index in [9.17, 15) is 8.42 Å². The van der Waals surface area contributed by atoms with E-state index >= 15 is 0 Å². The van der Waals surface area contributed by atoms with Crippen molar-refractivity contribution in [1.82, 2.24) is 14.2 Å². The van der Waals surface area contributed by atoms with Crippen LogP contribution >= 0.6 is 0 Å². The maximum atomic E-state index is 13.0. The summed E-state index contributed by atoms with van der Waals surface area (Å²) in [7, 11) is -3.46. The first-order chi connectivity index (χ1) is 12.9. The zero-order valence-corrected chi connectivity index (χ0v) is 16.4. The molecule has 0 unspecified atom stereocenters. The van der Waals surface area contributed by atoms with E-state index in [2.05, 4.69) is 9.88 Å². The van der Waals surface area contributed by atoms with Gasteiger partial charge in [0.25, 0.3) is 0 Å². The van der Waals surface area contributed by atoms with E-state index in [1.807, 2.05) is 50.2 Å². The Morgan fingerprint density at radius 2 is 1.78 bits per heavy atom. The van der Waals surface area contributed by atoms with Gasteiger partial charge in [-0.3, -0.25) is 4.90 Å². The molecule has 1 aromatic heterocycles. The van der Waals surface area contributed by atoms with E-state index < -0.39 is 10.0 Å². The van der Waals surface area contributed by atoms with Crippen LogP contribution in [0.2, 0.25) is 0 Å². The highest BCUT2D eigenvalue weighted by molar-refractivity contribution is 7.89. The van der Waals surface area contributed by atoms with Gasteiger partial charge >= 0.3 is 0 Å². The Balaban J connectivity index is 1.43. The molecule has 0 N–H and O–H groups in total. The van der Waals surface area contributed by atoms with Crippen molar-refractivity contribution in [3.63, 3.8) is 0 Å². The average molecular weight is 385 g/mol. The normalized spacial score (nSPS) is 16.8. The van der Waals surface area contributed by atoms with E-state index in [0.717, 1.165) is 22.2 Å². The van der Waals surface area contributed by atoms with Gasteiger partial charge in [-0.1, -0.05) is 29.8 Å². The van der Waals surface area contributed by atoms with Crippen molar-refractivity contribution in [1.29, 1.82) is 0 Å². The molecule has 1 aliphatic heterocycles. The first-order valence-corrected chi connectivity index (χ1v) is 10.5. The zero-order chi connectivity index (χ0) is 19.0. The molecule has 1 aliphatic rings. The van der Waals surface area contributed by atoms with E-state index in [1.165, 1.54) is 0 Å². The quantitative estimate of drug-likeness (QED) is 0.691. The highest BCUT2D eigenvalue weighted by Gasteiger charge is 2.30. The summed E-state index contributed by atoms with van der Waals surface area (Å²) in [6.07, 6.45) is 0. The lowest BCUT2D eigenvalue weighted by molar-refractivity contribution is 0.169. The first-order valence-electron chi connectivity index (χ1n) is 9.08. The van der Waals surface area contributed by atoms with Gasteiger partial charge in [-0.2, -0.15) is 4.31 Å². The molecule has 6 nitrogen and oxygen atoms in total. The summed E-state index contributed by atoms with van der Waals surface area (Å²) < 4.78 is 33.3. The van der Waals surface area contributed by atoms with Gasteiger partial charge in [-0.15, -0.1) is 0 Å². The Morgan fingerprint density at radius 3 is 2.48 bits per heavy atom. The summed E-state index contributed by atoms with van der Waals surface area (Å²) in [6, 6.07) is 13.2. The molecule has 2 heterocycles. The van der Waals surface area contributed by atoms with Crippen LogP contribution < -0.4 is 0 Å². The molecule has 0 amide bonds. The summed E-state index contributed by atoms with van der Waals surface area (Å²) in [6.45, 7) is 6.65. The van der Waals surface area contributed by atoms with Crippen molar-refractivity contribution in [2.45, 2.75) is 25.3 Å². The summed E-state index contributed by atoms with van der Waals surface area (Å²) >= 11 is 0. The van der Waals surface area contributed by atoms with Crippen LogP contribution in [0.1, 0.15) is 17.0 Å². The molecule has 2 aromatic carbocycles. The lowest BCUT2D eigenvalue weighted by Crippen LogP contribution is -2.48. The molecular weight excluding hydrogens is 362 g/mol. The van der Waals surface area contributed by atoms with E-state index in [4.69, 9.17) is 4.42 Å². The van der Waals surface area contributed by atoms with Crippen molar-refractivity contribution in [3.05, 3.63) is 59.5 Å². The van der Waals surface area contributed by atoms with Gasteiger partial charge < -0.3 is 4.42 Å². The molecule has 0 radical (unpaired) electrons. The number of rotatable bonds is 4. The number of nitrogens with zero attached hydrogens (tertiary/aromatic N) is 3. The average Bonchev–Trinajstić information content (AvgIpc) is 3.04. The molecule has 0 spiro atoms. The van der Waals surface area contributed by atoms with Gasteiger partial charge in [0.15, 0.2) is 5.58 Å². The van der Waals surface area contributed by atoms with Gasteiger partial charge in [-0.05, 0) is 37.6 Å². The van der Waals surface area contributed by atoms with Gasteiger partial charge in [0, 0.05) is 26.2 Å². The number of para-hydroxylation sites is 2. The van der Waals surface area contributed by atoms with Crippen LogP contribution in [0.4, 0.5) is 0 Å². The molecular formula is C20H23N3O3S. The predicted octanol–water partition coefficient (Wildman–Crippen LogP) is 2.95. The highest BCUT2D eigenvalue weighted by Crippen LogP contribution is 2.23. The van der Waals surface area contributed by atoms with Crippen LogP contribution in [0, 0.1) is 13.8 Å². The molecule has 0 bridgehead atoms. The minimum absolute atomic E-state index is 0.403. The smallest absolute Gasteiger partial charge is 0.243 e. The van der Waals surface area contributed by atoms with E-state index in [-0.39, 0.29) is 0 Å². The van der Waals surface area contributed by atoms with Crippen molar-refractivity contribution < 1.29 is 12.8 Å². The second-order valence-electron chi connectivity index (χ2n) is 7.02. The molecule has 4 rings (SSSR count). The van der Waals surface area contributed by atoms with Crippen LogP contribution in [0.15, 0.2) is 51.8 Å². The topological polar surface area (TPSA) is 66.7 Å². The molecule has 0 atom stereocenters. The second kappa shape index (κ2) is 7.07. The summed E-state index contributed by atoms with van der Waals surface area (Å²) in [4.78, 5) is 7.08. The van der Waals surface area contributed by atoms with Gasteiger partial charge in [-0.25, -0.2) is 13.4 Å². The fourth-order valence-corrected chi connectivity index (χ4v) is 5.16. The number of piperazine rings is 1. The molecule has 7 heteroatoms. The summed E-state index contributed by atoms with van der Waals surface area (Å²) in [5.74, 6) is 0.668. The zero-order valence-electron chi connectivity index (χ0n) is 15.6. The fraction of sp³-hybridized carbons (Fsp3) is 0.350. The summed E-state index contributed by atoms with van der Waals surface area (Å²) in [5, 5.41) is 0. The van der Waals surface area contributed by atoms with Crippen molar-refractivity contribution in [3.8, 4) is 0 Å². The predicted molar refractivity (Wildman–Crippen MR) is 104 cm³/mol.